The highest BCUT2D eigenvalue weighted by molar-refractivity contribution is 6.32. The second kappa shape index (κ2) is 9.19. The fourth-order valence-corrected chi connectivity index (χ4v) is 3.50. The summed E-state index contributed by atoms with van der Waals surface area (Å²) in [7, 11) is 1.71. The van der Waals surface area contributed by atoms with Crippen molar-refractivity contribution in [2.24, 2.45) is 4.99 Å². The van der Waals surface area contributed by atoms with E-state index >= 15 is 0 Å². The largest absolute Gasteiger partial charge is 0.356 e. The summed E-state index contributed by atoms with van der Waals surface area (Å²) in [5, 5.41) is 7.31. The molecule has 0 bridgehead atoms. The number of anilines is 1. The maximum Gasteiger partial charge on any atom is 0.191 e. The van der Waals surface area contributed by atoms with Crippen LogP contribution < -0.4 is 15.5 Å². The van der Waals surface area contributed by atoms with Gasteiger partial charge < -0.3 is 15.5 Å². The second-order valence-corrected chi connectivity index (χ2v) is 7.32. The Hall–Kier alpha value is -2.41. The smallest absolute Gasteiger partial charge is 0.191 e. The molecule has 1 aromatic heterocycles. The maximum atomic E-state index is 13.4. The molecule has 1 aromatic carbocycles. The predicted molar refractivity (Wildman–Crippen MR) is 109 cm³/mol. The molecule has 2 atom stereocenters. The number of aromatic nitrogens is 1. The number of guanidine groups is 1. The van der Waals surface area contributed by atoms with Crippen molar-refractivity contribution in [1.82, 2.24) is 15.6 Å². The SMILES string of the molecule is CN=C(NCC(C)c1ccc(F)c(F)c1)NC1CCN(c2ncccc2Cl)C1. The third-order valence-electron chi connectivity index (χ3n) is 4.88. The highest BCUT2D eigenvalue weighted by Gasteiger charge is 2.25. The third kappa shape index (κ3) is 4.90. The van der Waals surface area contributed by atoms with Crippen LogP contribution >= 0.6 is 11.6 Å². The minimum Gasteiger partial charge on any atom is -0.356 e. The lowest BCUT2D eigenvalue weighted by molar-refractivity contribution is 0.505. The first-order chi connectivity index (χ1) is 13.5. The Bertz CT molecular complexity index is 845. The van der Waals surface area contributed by atoms with Crippen molar-refractivity contribution in [1.29, 1.82) is 0 Å². The van der Waals surface area contributed by atoms with Gasteiger partial charge in [0, 0.05) is 38.9 Å². The molecule has 0 amide bonds. The maximum absolute atomic E-state index is 13.4. The molecule has 2 aromatic rings. The van der Waals surface area contributed by atoms with Gasteiger partial charge in [0.15, 0.2) is 17.6 Å². The Morgan fingerprint density at radius 3 is 2.89 bits per heavy atom. The van der Waals surface area contributed by atoms with Gasteiger partial charge >= 0.3 is 0 Å². The normalized spacial score (nSPS) is 18.2. The number of hydrogen-bond acceptors (Lipinski definition) is 3. The summed E-state index contributed by atoms with van der Waals surface area (Å²) in [6.45, 7) is 4.13. The van der Waals surface area contributed by atoms with E-state index in [-0.39, 0.29) is 12.0 Å². The number of benzene rings is 1. The van der Waals surface area contributed by atoms with E-state index in [1.165, 1.54) is 6.07 Å². The topological polar surface area (TPSA) is 52.6 Å². The van der Waals surface area contributed by atoms with Gasteiger partial charge in [0.05, 0.1) is 5.02 Å². The molecule has 0 saturated carbocycles. The lowest BCUT2D eigenvalue weighted by Gasteiger charge is -2.21. The van der Waals surface area contributed by atoms with E-state index in [0.717, 1.165) is 37.0 Å². The van der Waals surface area contributed by atoms with Gasteiger partial charge in [-0.05, 0) is 42.2 Å². The highest BCUT2D eigenvalue weighted by Crippen LogP contribution is 2.25. The van der Waals surface area contributed by atoms with Crippen LogP contribution in [0.1, 0.15) is 24.8 Å². The van der Waals surface area contributed by atoms with Crippen LogP contribution in [-0.2, 0) is 0 Å². The summed E-state index contributed by atoms with van der Waals surface area (Å²) in [6.07, 6.45) is 2.68. The summed E-state index contributed by atoms with van der Waals surface area (Å²) in [6, 6.07) is 7.87. The standard InChI is InChI=1S/C20H24ClF2N5/c1-13(14-5-6-17(22)18(23)10-14)11-26-20(24-2)27-15-7-9-28(12-15)19-16(21)4-3-8-25-19/h3-6,8,10,13,15H,7,9,11-12H2,1-2H3,(H2,24,26,27). The van der Waals surface area contributed by atoms with Crippen LogP contribution in [0.4, 0.5) is 14.6 Å². The Kier molecular flexibility index (Phi) is 6.67. The minimum absolute atomic E-state index is 0.000974. The van der Waals surface area contributed by atoms with Crippen molar-refractivity contribution in [3.8, 4) is 0 Å². The van der Waals surface area contributed by atoms with Crippen LogP contribution in [-0.4, -0.2) is 43.7 Å². The van der Waals surface area contributed by atoms with Gasteiger partial charge in [-0.3, -0.25) is 4.99 Å². The molecule has 1 saturated heterocycles. The molecule has 3 rings (SSSR count). The summed E-state index contributed by atoms with van der Waals surface area (Å²) >= 11 is 6.24. The van der Waals surface area contributed by atoms with Crippen LogP contribution in [0.15, 0.2) is 41.5 Å². The first-order valence-corrected chi connectivity index (χ1v) is 9.63. The van der Waals surface area contributed by atoms with Gasteiger partial charge in [0.2, 0.25) is 0 Å². The molecule has 8 heteroatoms. The third-order valence-corrected chi connectivity index (χ3v) is 5.17. The molecule has 150 valence electrons. The van der Waals surface area contributed by atoms with Gasteiger partial charge in [-0.1, -0.05) is 24.6 Å². The van der Waals surface area contributed by atoms with Gasteiger partial charge in [-0.15, -0.1) is 0 Å². The van der Waals surface area contributed by atoms with Gasteiger partial charge in [-0.2, -0.15) is 0 Å². The average Bonchev–Trinajstić information content (AvgIpc) is 3.15. The molecule has 0 aliphatic carbocycles. The molecule has 0 spiro atoms. The van der Waals surface area contributed by atoms with E-state index < -0.39 is 11.6 Å². The Balaban J connectivity index is 1.52. The monoisotopic (exact) mass is 407 g/mol. The zero-order valence-corrected chi connectivity index (χ0v) is 16.7. The first-order valence-electron chi connectivity index (χ1n) is 9.25. The van der Waals surface area contributed by atoms with Gasteiger partial charge in [0.1, 0.15) is 5.82 Å². The molecule has 0 radical (unpaired) electrons. The van der Waals surface area contributed by atoms with E-state index in [9.17, 15) is 8.78 Å². The molecule has 2 N–H and O–H groups in total. The molecule has 1 aliphatic heterocycles. The molecule has 5 nitrogen and oxygen atoms in total. The highest BCUT2D eigenvalue weighted by atomic mass is 35.5. The summed E-state index contributed by atoms with van der Waals surface area (Å²) in [5.41, 5.74) is 0.735. The fourth-order valence-electron chi connectivity index (χ4n) is 3.26. The number of aliphatic imine (C=N–C) groups is 1. The molecular weight excluding hydrogens is 384 g/mol. The lowest BCUT2D eigenvalue weighted by atomic mass is 10.0. The number of rotatable bonds is 5. The van der Waals surface area contributed by atoms with Crippen molar-refractivity contribution in [3.05, 3.63) is 58.7 Å². The van der Waals surface area contributed by atoms with Crippen molar-refractivity contribution in [2.75, 3.05) is 31.6 Å². The molecule has 1 fully saturated rings. The molecule has 2 unspecified atom stereocenters. The van der Waals surface area contributed by atoms with Crippen LogP contribution in [0.5, 0.6) is 0 Å². The van der Waals surface area contributed by atoms with Crippen molar-refractivity contribution >= 4 is 23.4 Å². The van der Waals surface area contributed by atoms with E-state index in [2.05, 4.69) is 25.5 Å². The van der Waals surface area contributed by atoms with E-state index in [0.29, 0.717) is 17.5 Å². The van der Waals surface area contributed by atoms with E-state index in [1.807, 2.05) is 19.1 Å². The molecule has 2 heterocycles. The van der Waals surface area contributed by atoms with E-state index in [1.54, 1.807) is 19.3 Å². The van der Waals surface area contributed by atoms with E-state index in [4.69, 9.17) is 11.6 Å². The number of halogens is 3. The number of pyridine rings is 1. The summed E-state index contributed by atoms with van der Waals surface area (Å²) in [4.78, 5) is 10.8. The number of nitrogens with one attached hydrogen (secondary N) is 2. The lowest BCUT2D eigenvalue weighted by Crippen LogP contribution is -2.45. The first kappa shape index (κ1) is 20.3. The number of nitrogens with zero attached hydrogens (tertiary/aromatic N) is 3. The molecule has 1 aliphatic rings. The fraction of sp³-hybridized carbons (Fsp3) is 0.400. The minimum atomic E-state index is -0.833. The van der Waals surface area contributed by atoms with Crippen LogP contribution in [0, 0.1) is 11.6 Å². The second-order valence-electron chi connectivity index (χ2n) is 6.91. The average molecular weight is 408 g/mol. The number of hydrogen-bond donors (Lipinski definition) is 2. The predicted octanol–water partition coefficient (Wildman–Crippen LogP) is 3.56. The van der Waals surface area contributed by atoms with Crippen molar-refractivity contribution in [2.45, 2.75) is 25.3 Å². The molecule has 28 heavy (non-hydrogen) atoms. The van der Waals surface area contributed by atoms with Gasteiger partial charge in [0.25, 0.3) is 0 Å². The van der Waals surface area contributed by atoms with Crippen molar-refractivity contribution in [3.63, 3.8) is 0 Å². The molecular formula is C20H24ClF2N5. The Labute approximate surface area is 168 Å². The summed E-state index contributed by atoms with van der Waals surface area (Å²) in [5.74, 6) is -0.191. The van der Waals surface area contributed by atoms with Gasteiger partial charge in [-0.25, -0.2) is 13.8 Å². The van der Waals surface area contributed by atoms with Crippen molar-refractivity contribution < 1.29 is 8.78 Å². The Morgan fingerprint density at radius 1 is 1.36 bits per heavy atom. The zero-order valence-electron chi connectivity index (χ0n) is 15.9. The Morgan fingerprint density at radius 2 is 2.18 bits per heavy atom. The summed E-state index contributed by atoms with van der Waals surface area (Å²) < 4.78 is 26.5. The van der Waals surface area contributed by atoms with Crippen LogP contribution in [0.3, 0.4) is 0 Å². The zero-order chi connectivity index (χ0) is 20.1. The van der Waals surface area contributed by atoms with Crippen LogP contribution in [0.2, 0.25) is 5.02 Å². The quantitative estimate of drug-likeness (QED) is 0.587. The van der Waals surface area contributed by atoms with Crippen LogP contribution in [0.25, 0.3) is 0 Å².